The van der Waals surface area contributed by atoms with E-state index >= 15 is 0 Å². The van der Waals surface area contributed by atoms with Crippen molar-refractivity contribution in [2.75, 3.05) is 0 Å². The number of pyridine rings is 1. The van der Waals surface area contributed by atoms with Gasteiger partial charge in [-0.25, -0.2) is 4.98 Å². The Labute approximate surface area is 131 Å². The second-order valence-electron chi connectivity index (χ2n) is 5.06. The Morgan fingerprint density at radius 2 is 1.65 bits per heavy atom. The molecule has 0 saturated heterocycles. The molecular formula is C16H11N5O2. The van der Waals surface area contributed by atoms with Crippen LogP contribution in [0.15, 0.2) is 48.7 Å². The summed E-state index contributed by atoms with van der Waals surface area (Å²) in [7, 11) is 0. The minimum atomic E-state index is -0.318. The van der Waals surface area contributed by atoms with Crippen molar-refractivity contribution >= 4 is 11.8 Å². The molecule has 0 saturated carbocycles. The van der Waals surface area contributed by atoms with E-state index in [1.54, 1.807) is 42.6 Å². The van der Waals surface area contributed by atoms with Crippen LogP contribution in [0.4, 0.5) is 0 Å². The lowest BCUT2D eigenvalue weighted by molar-refractivity contribution is 0.0638. The molecule has 7 heteroatoms. The molecule has 0 bridgehead atoms. The van der Waals surface area contributed by atoms with Crippen LogP contribution in [-0.4, -0.2) is 36.9 Å². The van der Waals surface area contributed by atoms with Gasteiger partial charge in [0.25, 0.3) is 11.8 Å². The van der Waals surface area contributed by atoms with Crippen LogP contribution in [0.5, 0.6) is 0 Å². The molecule has 23 heavy (non-hydrogen) atoms. The van der Waals surface area contributed by atoms with Crippen molar-refractivity contribution in [3.05, 3.63) is 65.6 Å². The quantitative estimate of drug-likeness (QED) is 0.743. The molecule has 0 aliphatic carbocycles. The van der Waals surface area contributed by atoms with Gasteiger partial charge in [-0.15, -0.1) is 0 Å². The van der Waals surface area contributed by atoms with E-state index in [0.717, 1.165) is 4.90 Å². The van der Waals surface area contributed by atoms with E-state index in [4.69, 9.17) is 0 Å². The first-order valence-corrected chi connectivity index (χ1v) is 7.02. The normalized spacial score (nSPS) is 13.5. The number of imide groups is 1. The highest BCUT2D eigenvalue weighted by Gasteiger charge is 2.35. The zero-order valence-electron chi connectivity index (χ0n) is 11.9. The fourth-order valence-corrected chi connectivity index (χ4v) is 2.51. The van der Waals surface area contributed by atoms with Gasteiger partial charge in [0.1, 0.15) is 11.5 Å². The molecule has 0 radical (unpaired) electrons. The highest BCUT2D eigenvalue weighted by Crippen LogP contribution is 2.23. The molecule has 7 nitrogen and oxygen atoms in total. The van der Waals surface area contributed by atoms with Crippen LogP contribution in [0.3, 0.4) is 0 Å². The molecule has 0 unspecified atom stereocenters. The second-order valence-corrected chi connectivity index (χ2v) is 5.06. The third-order valence-corrected chi connectivity index (χ3v) is 3.61. The number of benzene rings is 1. The molecule has 3 heterocycles. The molecule has 0 atom stereocenters. The summed E-state index contributed by atoms with van der Waals surface area (Å²) in [6.45, 7) is 0.0478. The molecule has 1 aliphatic rings. The van der Waals surface area contributed by atoms with Gasteiger partial charge in [-0.05, 0) is 24.3 Å². The number of H-pyrrole nitrogens is 1. The average Bonchev–Trinajstić information content (AvgIpc) is 3.16. The van der Waals surface area contributed by atoms with E-state index in [1.165, 1.54) is 0 Å². The minimum absolute atomic E-state index is 0.0478. The Morgan fingerprint density at radius 1 is 0.957 bits per heavy atom. The molecule has 1 aliphatic heterocycles. The number of nitrogens with one attached hydrogen (secondary N) is 1. The Balaban J connectivity index is 1.60. The van der Waals surface area contributed by atoms with Gasteiger partial charge in [0.05, 0.1) is 17.7 Å². The number of fused-ring (bicyclic) bond motifs is 1. The lowest BCUT2D eigenvalue weighted by Gasteiger charge is -2.10. The van der Waals surface area contributed by atoms with Crippen LogP contribution < -0.4 is 0 Å². The van der Waals surface area contributed by atoms with Crippen LogP contribution in [0.25, 0.3) is 11.5 Å². The third-order valence-electron chi connectivity index (χ3n) is 3.61. The number of aromatic nitrogens is 4. The molecule has 3 aromatic rings. The van der Waals surface area contributed by atoms with Crippen molar-refractivity contribution in [1.82, 2.24) is 25.1 Å². The zero-order valence-corrected chi connectivity index (χ0v) is 11.9. The molecule has 1 N–H and O–H groups in total. The maximum Gasteiger partial charge on any atom is 0.261 e. The summed E-state index contributed by atoms with van der Waals surface area (Å²) >= 11 is 0. The van der Waals surface area contributed by atoms with Crippen molar-refractivity contribution in [3.63, 3.8) is 0 Å². The Hall–Kier alpha value is -3.35. The predicted molar refractivity (Wildman–Crippen MR) is 80.3 cm³/mol. The van der Waals surface area contributed by atoms with Crippen LogP contribution in [0, 0.1) is 0 Å². The topological polar surface area (TPSA) is 91.8 Å². The summed E-state index contributed by atoms with van der Waals surface area (Å²) in [6.07, 6.45) is 1.65. The highest BCUT2D eigenvalue weighted by atomic mass is 16.2. The SMILES string of the molecule is O=C1c2ccccc2C(=O)N1Cc1nc(-c2ccccn2)n[nH]1. The number of carbonyl (C=O) groups is 2. The Bertz CT molecular complexity index is 869. The maximum absolute atomic E-state index is 12.3. The van der Waals surface area contributed by atoms with Crippen LogP contribution >= 0.6 is 0 Å². The van der Waals surface area contributed by atoms with Crippen molar-refractivity contribution in [1.29, 1.82) is 0 Å². The van der Waals surface area contributed by atoms with Gasteiger partial charge in [0.2, 0.25) is 0 Å². The van der Waals surface area contributed by atoms with Gasteiger partial charge < -0.3 is 0 Å². The van der Waals surface area contributed by atoms with Crippen LogP contribution in [-0.2, 0) is 6.54 Å². The van der Waals surface area contributed by atoms with E-state index in [0.29, 0.717) is 28.5 Å². The number of amides is 2. The predicted octanol–water partition coefficient (Wildman–Crippen LogP) is 1.66. The second kappa shape index (κ2) is 5.13. The van der Waals surface area contributed by atoms with Crippen molar-refractivity contribution in [3.8, 4) is 11.5 Å². The molecule has 0 spiro atoms. The first kappa shape index (κ1) is 13.3. The lowest BCUT2D eigenvalue weighted by Crippen LogP contribution is -2.29. The molecule has 2 amide bonds. The van der Waals surface area contributed by atoms with E-state index in [-0.39, 0.29) is 18.4 Å². The number of aromatic amines is 1. The zero-order chi connectivity index (χ0) is 15.8. The number of hydrogen-bond acceptors (Lipinski definition) is 5. The van der Waals surface area contributed by atoms with Gasteiger partial charge in [-0.2, -0.15) is 5.10 Å². The van der Waals surface area contributed by atoms with Crippen molar-refractivity contribution < 1.29 is 9.59 Å². The highest BCUT2D eigenvalue weighted by molar-refractivity contribution is 6.21. The fraction of sp³-hybridized carbons (Fsp3) is 0.0625. The van der Waals surface area contributed by atoms with Crippen LogP contribution in [0.1, 0.15) is 26.5 Å². The Morgan fingerprint density at radius 3 is 2.30 bits per heavy atom. The number of nitrogens with zero attached hydrogens (tertiary/aromatic N) is 4. The summed E-state index contributed by atoms with van der Waals surface area (Å²) < 4.78 is 0. The molecule has 0 fully saturated rings. The Kier molecular flexibility index (Phi) is 2.97. The lowest BCUT2D eigenvalue weighted by atomic mass is 10.1. The maximum atomic E-state index is 12.3. The summed E-state index contributed by atoms with van der Waals surface area (Å²) in [4.78, 5) is 34.3. The van der Waals surface area contributed by atoms with E-state index in [9.17, 15) is 9.59 Å². The largest absolute Gasteiger partial charge is 0.269 e. The number of rotatable bonds is 3. The standard InChI is InChI=1S/C16H11N5O2/c22-15-10-5-1-2-6-11(10)16(23)21(15)9-13-18-14(20-19-13)12-7-3-4-8-17-12/h1-8H,9H2,(H,18,19,20). The van der Waals surface area contributed by atoms with Crippen molar-refractivity contribution in [2.45, 2.75) is 6.54 Å². The molecular weight excluding hydrogens is 294 g/mol. The van der Waals surface area contributed by atoms with Gasteiger partial charge in [0.15, 0.2) is 5.82 Å². The van der Waals surface area contributed by atoms with Gasteiger partial charge in [0, 0.05) is 6.20 Å². The monoisotopic (exact) mass is 305 g/mol. The molecule has 2 aromatic heterocycles. The molecule has 1 aromatic carbocycles. The summed E-state index contributed by atoms with van der Waals surface area (Å²) in [5.41, 5.74) is 1.46. The first-order chi connectivity index (χ1) is 11.2. The van der Waals surface area contributed by atoms with Gasteiger partial charge in [-0.3, -0.25) is 24.6 Å². The molecule has 112 valence electrons. The van der Waals surface area contributed by atoms with Gasteiger partial charge in [-0.1, -0.05) is 18.2 Å². The number of hydrogen-bond donors (Lipinski definition) is 1. The van der Waals surface area contributed by atoms with Crippen LogP contribution in [0.2, 0.25) is 0 Å². The summed E-state index contributed by atoms with van der Waals surface area (Å²) in [5.74, 6) is 0.222. The average molecular weight is 305 g/mol. The fourth-order valence-electron chi connectivity index (χ4n) is 2.51. The minimum Gasteiger partial charge on any atom is -0.269 e. The summed E-state index contributed by atoms with van der Waals surface area (Å²) in [5, 5.41) is 6.83. The van der Waals surface area contributed by atoms with E-state index < -0.39 is 0 Å². The summed E-state index contributed by atoms with van der Waals surface area (Å²) in [6, 6.07) is 12.2. The van der Waals surface area contributed by atoms with Gasteiger partial charge >= 0.3 is 0 Å². The third kappa shape index (κ3) is 2.18. The smallest absolute Gasteiger partial charge is 0.261 e. The first-order valence-electron chi connectivity index (χ1n) is 7.02. The van der Waals surface area contributed by atoms with E-state index in [1.807, 2.05) is 6.07 Å². The van der Waals surface area contributed by atoms with E-state index in [2.05, 4.69) is 20.2 Å². The number of carbonyl (C=O) groups excluding carboxylic acids is 2. The molecule has 4 rings (SSSR count). The van der Waals surface area contributed by atoms with Crippen molar-refractivity contribution in [2.24, 2.45) is 0 Å².